The van der Waals surface area contributed by atoms with Crippen molar-refractivity contribution in [2.45, 2.75) is 26.5 Å². The van der Waals surface area contributed by atoms with E-state index in [1.807, 2.05) is 13.8 Å². The fraction of sp³-hybridized carbons (Fsp3) is 0.667. The van der Waals surface area contributed by atoms with Crippen molar-refractivity contribution >= 4 is 21.4 Å². The monoisotopic (exact) mass is 166 g/mol. The quantitative estimate of drug-likeness (QED) is 0.590. The molecular weight excluding hydrogens is 152 g/mol. The molecule has 0 bridgehead atoms. The summed E-state index contributed by atoms with van der Waals surface area (Å²) in [5.74, 6) is 1.65. The molecule has 0 unspecified atom stereocenters. The molecule has 0 amide bonds. The normalized spacial score (nSPS) is 18.3. The minimum atomic E-state index is -0.311. The van der Waals surface area contributed by atoms with Gasteiger partial charge in [-0.05, 0) is 12.6 Å². The zero-order valence-corrected chi connectivity index (χ0v) is 7.66. The number of rotatable bonds is 3. The molecular formula is C6H13B3O3. The molecule has 1 aliphatic heterocycles. The summed E-state index contributed by atoms with van der Waals surface area (Å²) in [5.41, 5.74) is 0. The van der Waals surface area contributed by atoms with Crippen LogP contribution in [0.25, 0.3) is 0 Å². The Morgan fingerprint density at radius 2 is 1.58 bits per heavy atom. The van der Waals surface area contributed by atoms with E-state index in [0.717, 1.165) is 12.6 Å². The molecule has 0 aromatic carbocycles. The van der Waals surface area contributed by atoms with Crippen molar-refractivity contribution in [1.29, 1.82) is 0 Å². The van der Waals surface area contributed by atoms with Gasteiger partial charge in [0.15, 0.2) is 0 Å². The van der Waals surface area contributed by atoms with E-state index in [1.165, 1.54) is 0 Å². The first kappa shape index (κ1) is 9.90. The fourth-order valence-corrected chi connectivity index (χ4v) is 1.06. The van der Waals surface area contributed by atoms with Crippen LogP contribution in [0.3, 0.4) is 0 Å². The second-order valence-corrected chi connectivity index (χ2v) is 2.69. The highest BCUT2D eigenvalue weighted by molar-refractivity contribution is 6.75. The Hall–Kier alpha value is -0.185. The van der Waals surface area contributed by atoms with E-state index in [4.69, 9.17) is 13.7 Å². The molecule has 3 nitrogen and oxygen atoms in total. The molecule has 1 fully saturated rings. The third-order valence-corrected chi connectivity index (χ3v) is 1.73. The predicted molar refractivity (Wildman–Crippen MR) is 51.7 cm³/mol. The molecule has 0 aromatic heterocycles. The van der Waals surface area contributed by atoms with Crippen LogP contribution >= 0.6 is 0 Å². The van der Waals surface area contributed by atoms with Gasteiger partial charge in [0.25, 0.3) is 0 Å². The number of hydrogen-bond acceptors (Lipinski definition) is 3. The van der Waals surface area contributed by atoms with Gasteiger partial charge in [0, 0.05) is 0 Å². The first-order valence-corrected chi connectivity index (χ1v) is 4.39. The Labute approximate surface area is 74.9 Å². The summed E-state index contributed by atoms with van der Waals surface area (Å²) in [7, 11) is -0.605. The molecule has 0 aromatic rings. The fourth-order valence-electron chi connectivity index (χ4n) is 1.06. The highest BCUT2D eigenvalue weighted by atomic mass is 16.7. The Morgan fingerprint density at radius 3 is 1.92 bits per heavy atom. The van der Waals surface area contributed by atoms with E-state index in [9.17, 15) is 0 Å². The standard InChI is InChI=1S/C6H13B3O3/c1-4-7-10-8(5-2)12-9(6-3)11-7/h4H,1,5-6H2,2-3H3. The van der Waals surface area contributed by atoms with Crippen molar-refractivity contribution in [2.75, 3.05) is 0 Å². The second-order valence-electron chi connectivity index (χ2n) is 2.69. The van der Waals surface area contributed by atoms with Crippen molar-refractivity contribution in [1.82, 2.24) is 0 Å². The minimum Gasteiger partial charge on any atom is -0.453 e. The lowest BCUT2D eigenvalue weighted by atomic mass is 9.67. The van der Waals surface area contributed by atoms with E-state index >= 15 is 0 Å². The molecule has 64 valence electrons. The van der Waals surface area contributed by atoms with Crippen LogP contribution in [0.1, 0.15) is 13.8 Å². The molecule has 1 aliphatic rings. The Bertz CT molecular complexity index is 143. The van der Waals surface area contributed by atoms with Crippen LogP contribution in [0.15, 0.2) is 12.6 Å². The largest absolute Gasteiger partial charge is 0.458 e. The smallest absolute Gasteiger partial charge is 0.453 e. The van der Waals surface area contributed by atoms with E-state index in [1.54, 1.807) is 5.98 Å². The van der Waals surface area contributed by atoms with Crippen LogP contribution in [0.2, 0.25) is 12.6 Å². The first-order chi connectivity index (χ1) is 5.80. The highest BCUT2D eigenvalue weighted by Gasteiger charge is 2.36. The molecule has 0 radical (unpaired) electrons. The molecule has 12 heavy (non-hydrogen) atoms. The van der Waals surface area contributed by atoms with Gasteiger partial charge in [0.1, 0.15) is 0 Å². The Kier molecular flexibility index (Phi) is 3.92. The van der Waals surface area contributed by atoms with Gasteiger partial charge in [0.05, 0.1) is 0 Å². The maximum atomic E-state index is 5.42. The second kappa shape index (κ2) is 4.75. The van der Waals surface area contributed by atoms with Crippen LogP contribution in [-0.4, -0.2) is 21.4 Å². The van der Waals surface area contributed by atoms with Crippen LogP contribution in [0.5, 0.6) is 0 Å². The zero-order valence-electron chi connectivity index (χ0n) is 7.66. The molecule has 0 atom stereocenters. The van der Waals surface area contributed by atoms with Crippen LogP contribution in [0.4, 0.5) is 0 Å². The van der Waals surface area contributed by atoms with Gasteiger partial charge in [-0.1, -0.05) is 19.8 Å². The summed E-state index contributed by atoms with van der Waals surface area (Å²) in [6.45, 7) is 7.65. The van der Waals surface area contributed by atoms with Crippen LogP contribution in [-0.2, 0) is 13.7 Å². The topological polar surface area (TPSA) is 27.7 Å². The first-order valence-electron chi connectivity index (χ1n) is 4.39. The molecule has 0 saturated carbocycles. The van der Waals surface area contributed by atoms with E-state index in [0.29, 0.717) is 0 Å². The summed E-state index contributed by atoms with van der Waals surface area (Å²) in [4.78, 5) is 0. The maximum Gasteiger partial charge on any atom is 0.458 e. The molecule has 0 spiro atoms. The van der Waals surface area contributed by atoms with Gasteiger partial charge in [-0.15, -0.1) is 6.58 Å². The van der Waals surface area contributed by atoms with E-state index in [-0.39, 0.29) is 21.4 Å². The van der Waals surface area contributed by atoms with Crippen molar-refractivity contribution in [3.05, 3.63) is 12.6 Å². The minimum absolute atomic E-state index is 0.147. The third kappa shape index (κ3) is 2.40. The molecule has 1 heterocycles. The molecule has 1 saturated heterocycles. The summed E-state index contributed by atoms with van der Waals surface area (Å²) in [6, 6.07) is 0. The average molecular weight is 166 g/mol. The van der Waals surface area contributed by atoms with Crippen LogP contribution in [0, 0.1) is 0 Å². The summed E-state index contributed by atoms with van der Waals surface area (Å²) < 4.78 is 16.1. The van der Waals surface area contributed by atoms with Gasteiger partial charge in [0.2, 0.25) is 0 Å². The van der Waals surface area contributed by atoms with Gasteiger partial charge in [-0.25, -0.2) is 0 Å². The molecule has 0 aliphatic carbocycles. The van der Waals surface area contributed by atoms with E-state index < -0.39 is 0 Å². The summed E-state index contributed by atoms with van der Waals surface area (Å²) >= 11 is 0. The highest BCUT2D eigenvalue weighted by Crippen LogP contribution is 2.13. The molecule has 1 rings (SSSR count). The van der Waals surface area contributed by atoms with Crippen molar-refractivity contribution < 1.29 is 13.7 Å². The predicted octanol–water partition coefficient (Wildman–Crippen LogP) is 1.28. The van der Waals surface area contributed by atoms with Gasteiger partial charge < -0.3 is 13.7 Å². The lowest BCUT2D eigenvalue weighted by Gasteiger charge is -2.28. The van der Waals surface area contributed by atoms with E-state index in [2.05, 4.69) is 6.58 Å². The number of hydrogen-bond donors (Lipinski definition) is 0. The van der Waals surface area contributed by atoms with Gasteiger partial charge in [-0.3, -0.25) is 0 Å². The molecule has 6 heteroatoms. The lowest BCUT2D eigenvalue weighted by molar-refractivity contribution is 0.289. The zero-order chi connectivity index (χ0) is 8.97. The third-order valence-electron chi connectivity index (χ3n) is 1.73. The average Bonchev–Trinajstić information content (AvgIpc) is 2.16. The van der Waals surface area contributed by atoms with Crippen molar-refractivity contribution in [3.8, 4) is 0 Å². The lowest BCUT2D eigenvalue weighted by Crippen LogP contribution is -2.47. The van der Waals surface area contributed by atoms with Crippen LogP contribution < -0.4 is 0 Å². The maximum absolute atomic E-state index is 5.42. The Morgan fingerprint density at radius 1 is 1.08 bits per heavy atom. The van der Waals surface area contributed by atoms with Gasteiger partial charge in [-0.2, -0.15) is 0 Å². The van der Waals surface area contributed by atoms with Crippen molar-refractivity contribution in [2.24, 2.45) is 0 Å². The molecule has 0 N–H and O–H groups in total. The Balaban J connectivity index is 2.46. The van der Waals surface area contributed by atoms with Crippen molar-refractivity contribution in [3.63, 3.8) is 0 Å². The summed E-state index contributed by atoms with van der Waals surface area (Å²) in [5, 5.41) is 0. The SMILES string of the molecule is C=CB1OB(CC)OB(CC)O1. The summed E-state index contributed by atoms with van der Waals surface area (Å²) in [6.07, 6.45) is 1.68. The van der Waals surface area contributed by atoms with Gasteiger partial charge >= 0.3 is 21.4 Å².